The summed E-state index contributed by atoms with van der Waals surface area (Å²) in [5, 5.41) is 8.60. The molecule has 0 amide bonds. The van der Waals surface area contributed by atoms with E-state index < -0.39 is 24.0 Å². The molecule has 0 aromatic heterocycles. The maximum atomic E-state index is 11.4. The molecular weight excluding hydrogens is 304 g/mol. The minimum atomic E-state index is -1.47. The highest BCUT2D eigenvalue weighted by atomic mass is 79.9. The van der Waals surface area contributed by atoms with E-state index in [9.17, 15) is 9.59 Å². The lowest BCUT2D eigenvalue weighted by Gasteiger charge is -2.14. The summed E-state index contributed by atoms with van der Waals surface area (Å²) < 4.78 is 5.78. The zero-order chi connectivity index (χ0) is 13.7. The molecule has 0 saturated carbocycles. The molecule has 0 aliphatic carbocycles. The first-order valence-corrected chi connectivity index (χ1v) is 5.86. The summed E-state index contributed by atoms with van der Waals surface area (Å²) in [5.74, 6) is -2.18. The molecule has 0 saturated heterocycles. The third kappa shape index (κ3) is 4.10. The molecule has 0 heterocycles. The zero-order valence-corrected chi connectivity index (χ0v) is 11.0. The van der Waals surface area contributed by atoms with Gasteiger partial charge in [-0.3, -0.25) is 9.59 Å². The van der Waals surface area contributed by atoms with Gasteiger partial charge in [-0.05, 0) is 17.7 Å². The fourth-order valence-corrected chi connectivity index (χ4v) is 1.40. The molecule has 0 bridgehead atoms. The Morgan fingerprint density at radius 3 is 2.28 bits per heavy atom. The van der Waals surface area contributed by atoms with Crippen LogP contribution in [0.4, 0.5) is 0 Å². The van der Waals surface area contributed by atoms with Crippen molar-refractivity contribution in [1.29, 1.82) is 0 Å². The van der Waals surface area contributed by atoms with Crippen molar-refractivity contribution in [3.63, 3.8) is 0 Å². The highest BCUT2D eigenvalue weighted by molar-refractivity contribution is 9.10. The van der Waals surface area contributed by atoms with Crippen molar-refractivity contribution in [3.05, 3.63) is 34.3 Å². The quantitative estimate of drug-likeness (QED) is 0.670. The monoisotopic (exact) mass is 316 g/mol. The normalized spacial score (nSPS) is 13.7. The fourth-order valence-electron chi connectivity index (χ4n) is 1.13. The van der Waals surface area contributed by atoms with Crippen LogP contribution < -0.4 is 11.5 Å². The molecule has 0 fully saturated rings. The first-order chi connectivity index (χ1) is 8.41. The Kier molecular flexibility index (Phi) is 5.26. The van der Waals surface area contributed by atoms with Gasteiger partial charge >= 0.3 is 11.9 Å². The molecule has 0 spiro atoms. The summed E-state index contributed by atoms with van der Waals surface area (Å²) >= 11 is 3.27. The number of hydrogen-bond acceptors (Lipinski definition) is 5. The maximum absolute atomic E-state index is 11.4. The van der Waals surface area contributed by atoms with Crippen LogP contribution in [-0.2, 0) is 20.9 Å². The molecule has 98 valence electrons. The number of carbonyl (C=O) groups excluding carboxylic acids is 1. The molecule has 1 aromatic rings. The van der Waals surface area contributed by atoms with Crippen LogP contribution in [0.1, 0.15) is 5.56 Å². The van der Waals surface area contributed by atoms with Crippen LogP contribution in [0.25, 0.3) is 0 Å². The molecule has 6 nitrogen and oxygen atoms in total. The lowest BCUT2D eigenvalue weighted by atomic mass is 10.1. The van der Waals surface area contributed by atoms with E-state index in [1.807, 2.05) is 0 Å². The van der Waals surface area contributed by atoms with Gasteiger partial charge in [-0.15, -0.1) is 0 Å². The predicted octanol–water partition coefficient (Wildman–Crippen LogP) is 0.232. The van der Waals surface area contributed by atoms with Gasteiger partial charge in [0, 0.05) is 4.47 Å². The fraction of sp³-hybridized carbons (Fsp3) is 0.273. The molecule has 1 aromatic carbocycles. The highest BCUT2D eigenvalue weighted by Gasteiger charge is 2.28. The Labute approximate surface area is 112 Å². The summed E-state index contributed by atoms with van der Waals surface area (Å²) in [6, 6.07) is 4.28. The van der Waals surface area contributed by atoms with Gasteiger partial charge in [-0.1, -0.05) is 28.1 Å². The second-order valence-corrected chi connectivity index (χ2v) is 4.54. The number of carboxylic acids is 1. The number of nitrogens with two attached hydrogens (primary N) is 2. The van der Waals surface area contributed by atoms with Gasteiger partial charge in [-0.2, -0.15) is 0 Å². The maximum Gasteiger partial charge on any atom is 0.325 e. The Hall–Kier alpha value is -1.44. The van der Waals surface area contributed by atoms with Crippen LogP contribution in [0.2, 0.25) is 0 Å². The van der Waals surface area contributed by atoms with Crippen molar-refractivity contribution in [2.45, 2.75) is 18.7 Å². The minimum absolute atomic E-state index is 0.0200. The van der Waals surface area contributed by atoms with Crippen LogP contribution in [0.5, 0.6) is 0 Å². The van der Waals surface area contributed by atoms with E-state index in [4.69, 9.17) is 21.3 Å². The predicted molar refractivity (Wildman–Crippen MR) is 67.5 cm³/mol. The van der Waals surface area contributed by atoms with Gasteiger partial charge in [0.1, 0.15) is 18.7 Å². The van der Waals surface area contributed by atoms with Gasteiger partial charge < -0.3 is 21.3 Å². The van der Waals surface area contributed by atoms with Gasteiger partial charge in [0.2, 0.25) is 0 Å². The van der Waals surface area contributed by atoms with E-state index in [1.54, 1.807) is 24.3 Å². The number of esters is 1. The Morgan fingerprint density at radius 2 is 1.78 bits per heavy atom. The standard InChI is InChI=1S/C11H13BrN2O4/c12-7-3-1-6(2-4-7)5-18-11(17)9(14)8(13)10(15)16/h1-4,8-9H,5,13-14H2,(H,15,16). The summed E-state index contributed by atoms with van der Waals surface area (Å²) in [7, 11) is 0. The SMILES string of the molecule is NC(C(=O)O)C(N)C(=O)OCc1ccc(Br)cc1. The number of aliphatic carboxylic acids is 1. The second-order valence-electron chi connectivity index (χ2n) is 3.62. The van der Waals surface area contributed by atoms with Crippen molar-refractivity contribution in [3.8, 4) is 0 Å². The Bertz CT molecular complexity index is 435. The molecule has 1 rings (SSSR count). The number of carbonyl (C=O) groups is 2. The molecule has 7 heteroatoms. The number of ether oxygens (including phenoxy) is 1. The average molecular weight is 317 g/mol. The van der Waals surface area contributed by atoms with Crippen molar-refractivity contribution < 1.29 is 19.4 Å². The lowest BCUT2D eigenvalue weighted by molar-refractivity contribution is -0.151. The Balaban J connectivity index is 2.50. The molecule has 18 heavy (non-hydrogen) atoms. The molecule has 5 N–H and O–H groups in total. The number of carboxylic acid groups (broad SMARTS) is 1. The van der Waals surface area contributed by atoms with Crippen molar-refractivity contribution >= 4 is 27.9 Å². The van der Waals surface area contributed by atoms with Crippen LogP contribution in [0.15, 0.2) is 28.7 Å². The first-order valence-electron chi connectivity index (χ1n) is 5.07. The zero-order valence-electron chi connectivity index (χ0n) is 9.38. The van der Waals surface area contributed by atoms with E-state index >= 15 is 0 Å². The van der Waals surface area contributed by atoms with Crippen molar-refractivity contribution in [2.75, 3.05) is 0 Å². The molecular formula is C11H13BrN2O4. The molecule has 0 radical (unpaired) electrons. The highest BCUT2D eigenvalue weighted by Crippen LogP contribution is 2.11. The van der Waals surface area contributed by atoms with Crippen LogP contribution in [-0.4, -0.2) is 29.1 Å². The lowest BCUT2D eigenvalue weighted by Crippen LogP contribution is -2.52. The van der Waals surface area contributed by atoms with E-state index in [0.717, 1.165) is 10.0 Å². The number of halogens is 1. The van der Waals surface area contributed by atoms with Gasteiger partial charge in [0.15, 0.2) is 0 Å². The third-order valence-electron chi connectivity index (χ3n) is 2.24. The van der Waals surface area contributed by atoms with Crippen molar-refractivity contribution in [2.24, 2.45) is 11.5 Å². The summed E-state index contributed by atoms with van der Waals surface area (Å²) in [6.07, 6.45) is 0. The van der Waals surface area contributed by atoms with Gasteiger partial charge in [0.25, 0.3) is 0 Å². The summed E-state index contributed by atoms with van der Waals surface area (Å²) in [5.41, 5.74) is 11.3. The van der Waals surface area contributed by atoms with Gasteiger partial charge in [0.05, 0.1) is 0 Å². The second kappa shape index (κ2) is 6.48. The molecule has 2 unspecified atom stereocenters. The summed E-state index contributed by atoms with van der Waals surface area (Å²) in [6.45, 7) is 0.0200. The first kappa shape index (κ1) is 14.6. The van der Waals surface area contributed by atoms with E-state index in [2.05, 4.69) is 15.9 Å². The van der Waals surface area contributed by atoms with Crippen LogP contribution in [0, 0.1) is 0 Å². The van der Waals surface area contributed by atoms with Crippen molar-refractivity contribution in [1.82, 2.24) is 0 Å². The number of hydrogen-bond donors (Lipinski definition) is 3. The molecule has 0 aliphatic heterocycles. The third-order valence-corrected chi connectivity index (χ3v) is 2.77. The largest absolute Gasteiger partial charge is 0.480 e. The Morgan fingerprint density at radius 1 is 1.22 bits per heavy atom. The van der Waals surface area contributed by atoms with Crippen LogP contribution in [0.3, 0.4) is 0 Å². The van der Waals surface area contributed by atoms with E-state index in [1.165, 1.54) is 0 Å². The topological polar surface area (TPSA) is 116 Å². The van der Waals surface area contributed by atoms with E-state index in [-0.39, 0.29) is 6.61 Å². The summed E-state index contributed by atoms with van der Waals surface area (Å²) in [4.78, 5) is 22.0. The number of benzene rings is 1. The minimum Gasteiger partial charge on any atom is -0.480 e. The van der Waals surface area contributed by atoms with Gasteiger partial charge in [-0.25, -0.2) is 0 Å². The van der Waals surface area contributed by atoms with E-state index in [0.29, 0.717) is 0 Å². The van der Waals surface area contributed by atoms with Crippen LogP contribution >= 0.6 is 15.9 Å². The number of rotatable bonds is 5. The average Bonchev–Trinajstić information content (AvgIpc) is 2.35. The molecule has 2 atom stereocenters. The molecule has 0 aliphatic rings. The smallest absolute Gasteiger partial charge is 0.325 e.